The molecular formula is C18H28N2O. The summed E-state index contributed by atoms with van der Waals surface area (Å²) in [5.74, 6) is 1.02. The Bertz CT molecular complexity index is 480. The zero-order valence-corrected chi connectivity index (χ0v) is 13.3. The lowest BCUT2D eigenvalue weighted by molar-refractivity contribution is 0.0507. The quantitative estimate of drug-likeness (QED) is 0.897. The number of nitrogens with one attached hydrogen (secondary N) is 1. The summed E-state index contributed by atoms with van der Waals surface area (Å²) in [6, 6.07) is 8.31. The van der Waals surface area contributed by atoms with Crippen LogP contribution in [0, 0.1) is 5.92 Å². The van der Waals surface area contributed by atoms with E-state index in [9.17, 15) is 5.11 Å². The van der Waals surface area contributed by atoms with Crippen molar-refractivity contribution in [3.63, 3.8) is 0 Å². The van der Waals surface area contributed by atoms with Crippen LogP contribution in [0.5, 0.6) is 5.75 Å². The molecule has 1 spiro atoms. The highest BCUT2D eigenvalue weighted by molar-refractivity contribution is 5.27. The molecule has 2 N–H and O–H groups in total. The lowest BCUT2D eigenvalue weighted by Gasteiger charge is -2.48. The Morgan fingerprint density at radius 2 is 2.10 bits per heavy atom. The first-order chi connectivity index (χ1) is 10.1. The number of aromatic hydroxyl groups is 1. The van der Waals surface area contributed by atoms with Gasteiger partial charge in [-0.25, -0.2) is 0 Å². The van der Waals surface area contributed by atoms with Gasteiger partial charge in [-0.1, -0.05) is 38.8 Å². The Balaban J connectivity index is 1.77. The van der Waals surface area contributed by atoms with Crippen LogP contribution in [-0.4, -0.2) is 34.7 Å². The fraction of sp³-hybridized carbons (Fsp3) is 0.667. The Labute approximate surface area is 128 Å². The van der Waals surface area contributed by atoms with E-state index >= 15 is 0 Å². The van der Waals surface area contributed by atoms with Crippen LogP contribution < -0.4 is 5.32 Å². The zero-order valence-electron chi connectivity index (χ0n) is 13.3. The minimum atomic E-state index is 0.349. The van der Waals surface area contributed by atoms with Gasteiger partial charge in [0.15, 0.2) is 0 Å². The van der Waals surface area contributed by atoms with Gasteiger partial charge in [0.1, 0.15) is 5.75 Å². The molecule has 1 aliphatic carbocycles. The molecule has 0 amide bonds. The molecule has 2 fully saturated rings. The highest BCUT2D eigenvalue weighted by Crippen LogP contribution is 2.35. The average Bonchev–Trinajstić information content (AvgIpc) is 2.86. The molecule has 0 aromatic heterocycles. The molecule has 1 aromatic carbocycles. The maximum Gasteiger partial charge on any atom is 0.115 e. The Morgan fingerprint density at radius 1 is 1.33 bits per heavy atom. The van der Waals surface area contributed by atoms with E-state index in [4.69, 9.17) is 0 Å². The Hall–Kier alpha value is -1.06. The molecule has 0 radical (unpaired) electrons. The number of hydrogen-bond acceptors (Lipinski definition) is 3. The van der Waals surface area contributed by atoms with Crippen molar-refractivity contribution in [1.82, 2.24) is 10.2 Å². The first-order valence-electron chi connectivity index (χ1n) is 8.35. The third kappa shape index (κ3) is 3.24. The molecule has 2 aliphatic rings. The number of phenolic OH excluding ortho intramolecular Hbond substituents is 1. The molecule has 1 atom stereocenters. The molecule has 3 heteroatoms. The molecule has 1 aromatic rings. The van der Waals surface area contributed by atoms with Gasteiger partial charge in [0.25, 0.3) is 0 Å². The molecule has 1 saturated carbocycles. The maximum absolute atomic E-state index is 9.69. The summed E-state index contributed by atoms with van der Waals surface area (Å²) in [5, 5.41) is 13.6. The molecule has 1 saturated heterocycles. The summed E-state index contributed by atoms with van der Waals surface area (Å²) in [6.07, 6.45) is 5.35. The molecule has 21 heavy (non-hydrogen) atoms. The first-order valence-corrected chi connectivity index (χ1v) is 8.35. The average molecular weight is 288 g/mol. The van der Waals surface area contributed by atoms with E-state index in [1.807, 2.05) is 12.1 Å². The van der Waals surface area contributed by atoms with Crippen LogP contribution in [0.2, 0.25) is 0 Å². The third-order valence-electron chi connectivity index (χ3n) is 5.29. The Kier molecular flexibility index (Phi) is 4.23. The van der Waals surface area contributed by atoms with E-state index in [0.29, 0.717) is 23.2 Å². The van der Waals surface area contributed by atoms with Gasteiger partial charge in [0.2, 0.25) is 0 Å². The van der Waals surface area contributed by atoms with Gasteiger partial charge in [-0.3, -0.25) is 4.90 Å². The summed E-state index contributed by atoms with van der Waals surface area (Å²) < 4.78 is 0. The van der Waals surface area contributed by atoms with Crippen LogP contribution in [-0.2, 0) is 6.54 Å². The third-order valence-corrected chi connectivity index (χ3v) is 5.29. The monoisotopic (exact) mass is 288 g/mol. The van der Waals surface area contributed by atoms with Crippen LogP contribution in [0.1, 0.15) is 45.1 Å². The van der Waals surface area contributed by atoms with Crippen molar-refractivity contribution in [2.75, 3.05) is 13.1 Å². The van der Waals surface area contributed by atoms with E-state index < -0.39 is 0 Å². The predicted molar refractivity (Wildman–Crippen MR) is 86.3 cm³/mol. The number of piperazine rings is 1. The normalized spacial score (nSPS) is 25.8. The fourth-order valence-corrected chi connectivity index (χ4v) is 4.12. The van der Waals surface area contributed by atoms with Crippen LogP contribution >= 0.6 is 0 Å². The highest BCUT2D eigenvalue weighted by Gasteiger charge is 2.41. The van der Waals surface area contributed by atoms with Crippen molar-refractivity contribution in [1.29, 1.82) is 0 Å². The molecule has 3 rings (SSSR count). The molecule has 1 unspecified atom stereocenters. The fourth-order valence-electron chi connectivity index (χ4n) is 4.12. The number of hydrogen-bond donors (Lipinski definition) is 2. The second-order valence-electron chi connectivity index (χ2n) is 7.25. The summed E-state index contributed by atoms with van der Waals surface area (Å²) in [6.45, 7) is 7.81. The van der Waals surface area contributed by atoms with Gasteiger partial charge >= 0.3 is 0 Å². The molecular weight excluding hydrogens is 260 g/mol. The molecule has 3 nitrogen and oxygen atoms in total. The van der Waals surface area contributed by atoms with E-state index in [2.05, 4.69) is 30.1 Å². The smallest absolute Gasteiger partial charge is 0.115 e. The predicted octanol–water partition coefficient (Wildman–Crippen LogP) is 3.13. The SMILES string of the molecule is CC(C)C1CNC2(CCCC2)CN1Cc1cccc(O)c1. The van der Waals surface area contributed by atoms with Crippen molar-refractivity contribution in [3.8, 4) is 5.75 Å². The standard InChI is InChI=1S/C18H28N2O/c1-14(2)17-11-19-18(8-3-4-9-18)13-20(17)12-15-6-5-7-16(21)10-15/h5-7,10,14,17,19,21H,3-4,8-9,11-13H2,1-2H3. The minimum Gasteiger partial charge on any atom is -0.508 e. The topological polar surface area (TPSA) is 35.5 Å². The summed E-state index contributed by atoms with van der Waals surface area (Å²) in [4.78, 5) is 2.64. The molecule has 1 aliphatic heterocycles. The van der Waals surface area contributed by atoms with E-state index in [1.54, 1.807) is 6.07 Å². The second-order valence-corrected chi connectivity index (χ2v) is 7.25. The van der Waals surface area contributed by atoms with Crippen molar-refractivity contribution in [2.45, 2.75) is 57.7 Å². The summed E-state index contributed by atoms with van der Waals surface area (Å²) in [5.41, 5.74) is 1.57. The lowest BCUT2D eigenvalue weighted by Crippen LogP contribution is -2.63. The van der Waals surface area contributed by atoms with E-state index in [0.717, 1.165) is 19.6 Å². The van der Waals surface area contributed by atoms with E-state index in [1.165, 1.54) is 31.2 Å². The van der Waals surface area contributed by atoms with Gasteiger partial charge in [-0.05, 0) is 36.5 Å². The second kappa shape index (κ2) is 5.98. The van der Waals surface area contributed by atoms with Crippen LogP contribution in [0.3, 0.4) is 0 Å². The lowest BCUT2D eigenvalue weighted by atomic mass is 9.88. The Morgan fingerprint density at radius 3 is 2.76 bits per heavy atom. The van der Waals surface area contributed by atoms with Gasteiger partial charge < -0.3 is 10.4 Å². The highest BCUT2D eigenvalue weighted by atomic mass is 16.3. The van der Waals surface area contributed by atoms with Gasteiger partial charge in [-0.2, -0.15) is 0 Å². The van der Waals surface area contributed by atoms with Crippen molar-refractivity contribution < 1.29 is 5.11 Å². The first kappa shape index (κ1) is 14.9. The number of rotatable bonds is 3. The van der Waals surface area contributed by atoms with Crippen molar-refractivity contribution in [2.24, 2.45) is 5.92 Å². The van der Waals surface area contributed by atoms with E-state index in [-0.39, 0.29) is 0 Å². The molecule has 0 bridgehead atoms. The maximum atomic E-state index is 9.69. The number of nitrogens with zero attached hydrogens (tertiary/aromatic N) is 1. The van der Waals surface area contributed by atoms with Crippen molar-refractivity contribution >= 4 is 0 Å². The summed E-state index contributed by atoms with van der Waals surface area (Å²) >= 11 is 0. The van der Waals surface area contributed by atoms with Gasteiger partial charge in [0, 0.05) is 31.2 Å². The van der Waals surface area contributed by atoms with Crippen molar-refractivity contribution in [3.05, 3.63) is 29.8 Å². The van der Waals surface area contributed by atoms with Crippen LogP contribution in [0.25, 0.3) is 0 Å². The number of benzene rings is 1. The largest absolute Gasteiger partial charge is 0.508 e. The number of phenols is 1. The zero-order chi connectivity index (χ0) is 14.9. The van der Waals surface area contributed by atoms with Gasteiger partial charge in [0.05, 0.1) is 0 Å². The van der Waals surface area contributed by atoms with Gasteiger partial charge in [-0.15, -0.1) is 0 Å². The van der Waals surface area contributed by atoms with Crippen LogP contribution in [0.15, 0.2) is 24.3 Å². The molecule has 116 valence electrons. The van der Waals surface area contributed by atoms with Crippen LogP contribution in [0.4, 0.5) is 0 Å². The summed E-state index contributed by atoms with van der Waals surface area (Å²) in [7, 11) is 0. The minimum absolute atomic E-state index is 0.349. The molecule has 1 heterocycles.